The molecule has 110 valence electrons. The molecule has 0 bridgehead atoms. The Morgan fingerprint density at radius 1 is 1.27 bits per heavy atom. The van der Waals surface area contributed by atoms with Gasteiger partial charge in [-0.2, -0.15) is 5.10 Å². The Morgan fingerprint density at radius 3 is 2.91 bits per heavy atom. The van der Waals surface area contributed by atoms with Crippen LogP contribution in [-0.4, -0.2) is 22.4 Å². The number of hydrogen-bond donors (Lipinski definition) is 1. The molecule has 6 nitrogen and oxygen atoms in total. The lowest BCUT2D eigenvalue weighted by Crippen LogP contribution is -2.17. The number of amides is 1. The first-order valence-corrected chi connectivity index (χ1v) is 6.52. The van der Waals surface area contributed by atoms with Crippen LogP contribution >= 0.6 is 11.6 Å². The van der Waals surface area contributed by atoms with E-state index in [0.717, 1.165) is 6.21 Å². The normalized spacial score (nSPS) is 11.2. The highest BCUT2D eigenvalue weighted by molar-refractivity contribution is 6.33. The van der Waals surface area contributed by atoms with Gasteiger partial charge in [0.05, 0.1) is 11.2 Å². The van der Waals surface area contributed by atoms with E-state index in [1.807, 2.05) is 0 Å². The van der Waals surface area contributed by atoms with E-state index in [1.54, 1.807) is 12.1 Å². The average Bonchev–Trinajstić information content (AvgIpc) is 2.97. The molecule has 0 atom stereocenters. The Labute approximate surface area is 128 Å². The minimum Gasteiger partial charge on any atom is -0.267 e. The molecule has 3 rings (SSSR count). The highest BCUT2D eigenvalue weighted by Crippen LogP contribution is 2.16. The zero-order valence-corrected chi connectivity index (χ0v) is 11.7. The molecule has 1 amide bonds. The standard InChI is InChI=1S/C14H8ClFN4O2/c15-10-2-1-3-11(16)9(10)7-17-18-14(21)8-4-5-12-13(6-8)20-22-19-12/h1-7H,(H,18,21)/b17-7+. The number of nitrogens with one attached hydrogen (secondary N) is 1. The average molecular weight is 319 g/mol. The molecule has 0 spiro atoms. The number of rotatable bonds is 3. The third-order valence-corrected chi connectivity index (χ3v) is 3.20. The van der Waals surface area contributed by atoms with Crippen LogP contribution < -0.4 is 5.43 Å². The van der Waals surface area contributed by atoms with Crippen LogP contribution in [0.1, 0.15) is 15.9 Å². The number of halogens is 2. The summed E-state index contributed by atoms with van der Waals surface area (Å²) in [5.74, 6) is -1.01. The van der Waals surface area contributed by atoms with E-state index in [9.17, 15) is 9.18 Å². The van der Waals surface area contributed by atoms with E-state index >= 15 is 0 Å². The molecule has 0 fully saturated rings. The van der Waals surface area contributed by atoms with Crippen molar-refractivity contribution in [2.45, 2.75) is 0 Å². The van der Waals surface area contributed by atoms with E-state index in [4.69, 9.17) is 11.6 Å². The van der Waals surface area contributed by atoms with Crippen LogP contribution in [-0.2, 0) is 0 Å². The molecule has 0 unspecified atom stereocenters. The summed E-state index contributed by atoms with van der Waals surface area (Å²) in [5, 5.41) is 11.2. The summed E-state index contributed by atoms with van der Waals surface area (Å²) in [6.07, 6.45) is 1.14. The Morgan fingerprint density at radius 2 is 2.09 bits per heavy atom. The Bertz CT molecular complexity index is 858. The second-order valence-corrected chi connectivity index (χ2v) is 4.71. The number of carbonyl (C=O) groups is 1. The molecule has 2 aromatic carbocycles. The maximum absolute atomic E-state index is 13.5. The van der Waals surface area contributed by atoms with Crippen molar-refractivity contribution in [1.82, 2.24) is 15.7 Å². The zero-order valence-electron chi connectivity index (χ0n) is 11.0. The van der Waals surface area contributed by atoms with Gasteiger partial charge in [0.1, 0.15) is 16.9 Å². The van der Waals surface area contributed by atoms with Crippen molar-refractivity contribution in [2.24, 2.45) is 5.10 Å². The van der Waals surface area contributed by atoms with Crippen LogP contribution in [0.15, 0.2) is 46.1 Å². The first-order valence-electron chi connectivity index (χ1n) is 6.15. The third-order valence-electron chi connectivity index (χ3n) is 2.88. The summed E-state index contributed by atoms with van der Waals surface area (Å²) in [6.45, 7) is 0. The SMILES string of the molecule is O=C(N/N=C/c1c(F)cccc1Cl)c1ccc2nonc2c1. The van der Waals surface area contributed by atoms with Crippen LogP contribution in [0, 0.1) is 5.82 Å². The van der Waals surface area contributed by atoms with Gasteiger partial charge in [0.2, 0.25) is 0 Å². The summed E-state index contributed by atoms with van der Waals surface area (Å²) < 4.78 is 18.1. The van der Waals surface area contributed by atoms with E-state index in [0.29, 0.717) is 16.6 Å². The van der Waals surface area contributed by atoms with Crippen molar-refractivity contribution < 1.29 is 13.8 Å². The van der Waals surface area contributed by atoms with Gasteiger partial charge in [-0.1, -0.05) is 17.7 Å². The van der Waals surface area contributed by atoms with Crippen molar-refractivity contribution in [3.05, 3.63) is 58.4 Å². The number of carbonyl (C=O) groups excluding carboxylic acids is 1. The van der Waals surface area contributed by atoms with Crippen LogP contribution in [0.2, 0.25) is 5.02 Å². The van der Waals surface area contributed by atoms with Gasteiger partial charge in [0.25, 0.3) is 5.91 Å². The monoisotopic (exact) mass is 318 g/mol. The first kappa shape index (κ1) is 14.2. The van der Waals surface area contributed by atoms with Gasteiger partial charge in [0, 0.05) is 11.1 Å². The molecule has 0 aliphatic rings. The van der Waals surface area contributed by atoms with Crippen molar-refractivity contribution in [3.63, 3.8) is 0 Å². The van der Waals surface area contributed by atoms with E-state index < -0.39 is 11.7 Å². The minimum absolute atomic E-state index is 0.0978. The van der Waals surface area contributed by atoms with Gasteiger partial charge in [-0.25, -0.2) is 14.4 Å². The molecule has 0 saturated carbocycles. The van der Waals surface area contributed by atoms with Gasteiger partial charge in [0.15, 0.2) is 0 Å². The molecule has 1 N–H and O–H groups in total. The van der Waals surface area contributed by atoms with Crippen molar-refractivity contribution in [2.75, 3.05) is 0 Å². The Balaban J connectivity index is 1.75. The smallest absolute Gasteiger partial charge is 0.267 e. The Kier molecular flexibility index (Phi) is 3.80. The quantitative estimate of drug-likeness (QED) is 0.595. The summed E-state index contributed by atoms with van der Waals surface area (Å²) in [5.41, 5.74) is 3.69. The molecule has 3 aromatic rings. The Hall–Kier alpha value is -2.80. The molecular formula is C14H8ClFN4O2. The van der Waals surface area contributed by atoms with Crippen molar-refractivity contribution in [1.29, 1.82) is 0 Å². The fourth-order valence-electron chi connectivity index (χ4n) is 1.78. The highest BCUT2D eigenvalue weighted by atomic mass is 35.5. The van der Waals surface area contributed by atoms with Gasteiger partial charge in [-0.3, -0.25) is 4.79 Å². The predicted octanol–water partition coefficient (Wildman–Crippen LogP) is 2.78. The lowest BCUT2D eigenvalue weighted by molar-refractivity contribution is 0.0955. The van der Waals surface area contributed by atoms with Crippen LogP contribution in [0.3, 0.4) is 0 Å². The molecule has 0 radical (unpaired) electrons. The summed E-state index contributed by atoms with van der Waals surface area (Å²) in [6, 6.07) is 8.91. The van der Waals surface area contributed by atoms with E-state index in [1.165, 1.54) is 24.3 Å². The van der Waals surface area contributed by atoms with Crippen LogP contribution in [0.4, 0.5) is 4.39 Å². The van der Waals surface area contributed by atoms with Gasteiger partial charge >= 0.3 is 0 Å². The summed E-state index contributed by atoms with van der Waals surface area (Å²) in [7, 11) is 0. The molecule has 0 aliphatic heterocycles. The number of fused-ring (bicyclic) bond motifs is 1. The number of nitrogens with zero attached hydrogens (tertiary/aromatic N) is 3. The van der Waals surface area contributed by atoms with E-state index in [2.05, 4.69) is 25.5 Å². The summed E-state index contributed by atoms with van der Waals surface area (Å²) in [4.78, 5) is 11.9. The molecular weight excluding hydrogens is 311 g/mol. The predicted molar refractivity (Wildman–Crippen MR) is 78.3 cm³/mol. The maximum atomic E-state index is 13.5. The van der Waals surface area contributed by atoms with Gasteiger partial charge in [-0.15, -0.1) is 0 Å². The van der Waals surface area contributed by atoms with Crippen molar-refractivity contribution >= 4 is 34.8 Å². The van der Waals surface area contributed by atoms with E-state index in [-0.39, 0.29) is 10.6 Å². The maximum Gasteiger partial charge on any atom is 0.271 e. The highest BCUT2D eigenvalue weighted by Gasteiger charge is 2.08. The third kappa shape index (κ3) is 2.79. The lowest BCUT2D eigenvalue weighted by atomic mass is 10.2. The molecule has 8 heteroatoms. The fraction of sp³-hybridized carbons (Fsp3) is 0. The second kappa shape index (κ2) is 5.90. The van der Waals surface area contributed by atoms with Crippen molar-refractivity contribution in [3.8, 4) is 0 Å². The number of benzene rings is 2. The van der Waals surface area contributed by atoms with Crippen LogP contribution in [0.25, 0.3) is 11.0 Å². The molecule has 0 saturated heterocycles. The number of hydrogen-bond acceptors (Lipinski definition) is 5. The minimum atomic E-state index is -0.527. The molecule has 22 heavy (non-hydrogen) atoms. The second-order valence-electron chi connectivity index (χ2n) is 4.30. The molecule has 1 aromatic heterocycles. The number of aromatic nitrogens is 2. The van der Waals surface area contributed by atoms with Gasteiger partial charge < -0.3 is 0 Å². The fourth-order valence-corrected chi connectivity index (χ4v) is 1.99. The largest absolute Gasteiger partial charge is 0.271 e. The first-order chi connectivity index (χ1) is 10.6. The molecule has 1 heterocycles. The topological polar surface area (TPSA) is 80.4 Å². The van der Waals surface area contributed by atoms with Crippen LogP contribution in [0.5, 0.6) is 0 Å². The lowest BCUT2D eigenvalue weighted by Gasteiger charge is -2.01. The van der Waals surface area contributed by atoms with Gasteiger partial charge in [-0.05, 0) is 40.6 Å². The summed E-state index contributed by atoms with van der Waals surface area (Å²) >= 11 is 5.85. The molecule has 0 aliphatic carbocycles. The zero-order chi connectivity index (χ0) is 15.5. The number of hydrazone groups is 1.